The number of nitrogens with zero attached hydrogens (tertiary/aromatic N) is 3. The monoisotopic (exact) mass is 271 g/mol. The molecule has 1 N–H and O–H groups in total. The van der Waals surface area contributed by atoms with Crippen LogP contribution < -0.4 is 5.32 Å². The minimum absolute atomic E-state index is 0.511. The van der Waals surface area contributed by atoms with E-state index in [2.05, 4.69) is 52.4 Å². The number of fused-ring (bicyclic) bond motifs is 1. The molecule has 3 rings (SSSR count). The number of likely N-dealkylation sites (N-methyl/N-ethyl adjacent to an activating group) is 1. The van der Waals surface area contributed by atoms with Gasteiger partial charge in [0.25, 0.3) is 0 Å². The van der Waals surface area contributed by atoms with Gasteiger partial charge in [-0.2, -0.15) is 0 Å². The van der Waals surface area contributed by atoms with Gasteiger partial charge in [-0.25, -0.2) is 9.56 Å². The highest BCUT2D eigenvalue weighted by Gasteiger charge is 2.28. The maximum atomic E-state index is 4.84. The van der Waals surface area contributed by atoms with Gasteiger partial charge >= 0.3 is 0 Å². The summed E-state index contributed by atoms with van der Waals surface area (Å²) < 4.78 is 4.60. The normalized spacial score (nSPS) is 19.1. The van der Waals surface area contributed by atoms with E-state index in [1.807, 2.05) is 0 Å². The van der Waals surface area contributed by atoms with E-state index in [0.29, 0.717) is 6.04 Å². The molecule has 1 atom stereocenters. The summed E-state index contributed by atoms with van der Waals surface area (Å²) in [5.41, 5.74) is 2.38. The summed E-state index contributed by atoms with van der Waals surface area (Å²) in [6, 6.07) is 8.97. The fourth-order valence-corrected chi connectivity index (χ4v) is 3.08. The fourth-order valence-electron chi connectivity index (χ4n) is 3.08. The summed E-state index contributed by atoms with van der Waals surface area (Å²) >= 11 is 0. The van der Waals surface area contributed by atoms with Crippen LogP contribution in [-0.2, 0) is 6.42 Å². The number of benzene rings is 1. The Kier molecular flexibility index (Phi) is 3.83. The zero-order valence-corrected chi connectivity index (χ0v) is 12.2. The van der Waals surface area contributed by atoms with Crippen LogP contribution in [-0.4, -0.2) is 47.0 Å². The van der Waals surface area contributed by atoms with Gasteiger partial charge in [0.15, 0.2) is 6.54 Å². The van der Waals surface area contributed by atoms with Crippen LogP contribution in [0.3, 0.4) is 0 Å². The van der Waals surface area contributed by atoms with Crippen LogP contribution in [0.4, 0.5) is 0 Å². The standard InChI is InChI=1S/C16H23N4/c1-3-17-10-8-16-18-14-6-4-5-7-15(14)20(16)13-9-11-19(2)12-13/h4-7,13,17H,2-3,8-12H2,1H3/q+1. The van der Waals surface area contributed by atoms with Crippen LogP contribution in [0, 0.1) is 0 Å². The van der Waals surface area contributed by atoms with E-state index in [1.165, 1.54) is 11.3 Å². The van der Waals surface area contributed by atoms with Crippen LogP contribution in [0.2, 0.25) is 0 Å². The Labute approximate surface area is 120 Å². The number of aromatic nitrogens is 2. The Balaban J connectivity index is 1.97. The van der Waals surface area contributed by atoms with E-state index >= 15 is 0 Å². The van der Waals surface area contributed by atoms with E-state index in [1.54, 1.807) is 0 Å². The Bertz CT molecular complexity index is 614. The molecule has 0 bridgehead atoms. The number of hydrogen-bond acceptors (Lipinski definition) is 2. The van der Waals surface area contributed by atoms with E-state index in [0.717, 1.165) is 44.5 Å². The van der Waals surface area contributed by atoms with Gasteiger partial charge in [-0.15, -0.1) is 0 Å². The summed E-state index contributed by atoms with van der Waals surface area (Å²) in [4.78, 5) is 4.84. The predicted octanol–water partition coefficient (Wildman–Crippen LogP) is 1.85. The first-order valence-corrected chi connectivity index (χ1v) is 7.51. The third kappa shape index (κ3) is 2.48. The first kappa shape index (κ1) is 13.3. The summed E-state index contributed by atoms with van der Waals surface area (Å²) in [7, 11) is 0. The molecule has 2 heterocycles. The Hall–Kier alpha value is -1.68. The second-order valence-electron chi connectivity index (χ2n) is 5.51. The fraction of sp³-hybridized carbons (Fsp3) is 0.500. The first-order chi connectivity index (χ1) is 9.79. The summed E-state index contributed by atoms with van der Waals surface area (Å²) in [5.74, 6) is 1.20. The molecule has 0 radical (unpaired) electrons. The zero-order valence-electron chi connectivity index (χ0n) is 12.2. The second-order valence-corrected chi connectivity index (χ2v) is 5.51. The smallest absolute Gasteiger partial charge is 0.163 e. The van der Waals surface area contributed by atoms with Crippen molar-refractivity contribution < 1.29 is 4.58 Å². The maximum Gasteiger partial charge on any atom is 0.163 e. The largest absolute Gasteiger partial charge is 0.318 e. The van der Waals surface area contributed by atoms with Crippen molar-refractivity contribution >= 4 is 17.8 Å². The van der Waals surface area contributed by atoms with Crippen molar-refractivity contribution in [2.45, 2.75) is 25.8 Å². The van der Waals surface area contributed by atoms with E-state index in [-0.39, 0.29) is 0 Å². The summed E-state index contributed by atoms with van der Waals surface area (Å²) in [5, 5.41) is 3.39. The first-order valence-electron chi connectivity index (χ1n) is 7.51. The van der Waals surface area contributed by atoms with Gasteiger partial charge in [0.1, 0.15) is 19.1 Å². The summed E-state index contributed by atoms with van der Waals surface area (Å²) in [6.07, 6.45) is 2.15. The number of para-hydroxylation sites is 2. The van der Waals surface area contributed by atoms with Gasteiger partial charge in [0.05, 0.1) is 17.1 Å². The average molecular weight is 271 g/mol. The molecular formula is C16H23N4+. The summed E-state index contributed by atoms with van der Waals surface area (Å²) in [6.45, 7) is 10.3. The highest BCUT2D eigenvalue weighted by Crippen LogP contribution is 2.26. The molecule has 4 heteroatoms. The molecule has 1 saturated heterocycles. The third-order valence-electron chi connectivity index (χ3n) is 4.06. The van der Waals surface area contributed by atoms with E-state index in [4.69, 9.17) is 4.98 Å². The molecule has 1 aliphatic heterocycles. The van der Waals surface area contributed by atoms with E-state index < -0.39 is 0 Å². The van der Waals surface area contributed by atoms with Crippen LogP contribution in [0.5, 0.6) is 0 Å². The minimum atomic E-state index is 0.511. The number of rotatable bonds is 5. The van der Waals surface area contributed by atoms with Crippen molar-refractivity contribution in [3.05, 3.63) is 30.1 Å². The molecule has 1 aromatic carbocycles. The molecule has 0 spiro atoms. The second kappa shape index (κ2) is 5.75. The van der Waals surface area contributed by atoms with Gasteiger partial charge < -0.3 is 9.88 Å². The lowest BCUT2D eigenvalue weighted by Crippen LogP contribution is -2.20. The highest BCUT2D eigenvalue weighted by atomic mass is 15.2. The highest BCUT2D eigenvalue weighted by molar-refractivity contribution is 5.76. The molecule has 0 saturated carbocycles. The molecule has 1 fully saturated rings. The number of hydrogen-bond donors (Lipinski definition) is 1. The van der Waals surface area contributed by atoms with Gasteiger partial charge in [-0.05, 0) is 18.7 Å². The molecule has 0 aliphatic carbocycles. The quantitative estimate of drug-likeness (QED) is 0.665. The average Bonchev–Trinajstić information content (AvgIpc) is 3.02. The zero-order chi connectivity index (χ0) is 13.9. The molecular weight excluding hydrogens is 248 g/mol. The van der Waals surface area contributed by atoms with Gasteiger partial charge in [-0.3, -0.25) is 0 Å². The molecule has 0 amide bonds. The van der Waals surface area contributed by atoms with Gasteiger partial charge in [-0.1, -0.05) is 19.1 Å². The van der Waals surface area contributed by atoms with Gasteiger partial charge in [0.2, 0.25) is 0 Å². The van der Waals surface area contributed by atoms with Crippen LogP contribution in [0.15, 0.2) is 24.3 Å². The van der Waals surface area contributed by atoms with Crippen molar-refractivity contribution in [3.8, 4) is 0 Å². The Morgan fingerprint density at radius 3 is 3.05 bits per heavy atom. The Morgan fingerprint density at radius 1 is 1.45 bits per heavy atom. The molecule has 106 valence electrons. The molecule has 2 aromatic rings. The minimum Gasteiger partial charge on any atom is -0.318 e. The SMILES string of the molecule is C=[N+]1CCC(n2c(CCNCC)nc3ccccc32)C1. The van der Waals surface area contributed by atoms with Crippen LogP contribution in [0.25, 0.3) is 11.0 Å². The van der Waals surface area contributed by atoms with Crippen molar-refractivity contribution in [3.63, 3.8) is 0 Å². The topological polar surface area (TPSA) is 32.9 Å². The van der Waals surface area contributed by atoms with Crippen LogP contribution in [0.1, 0.15) is 25.2 Å². The lowest BCUT2D eigenvalue weighted by Gasteiger charge is -2.13. The molecule has 1 unspecified atom stereocenters. The molecule has 1 aliphatic rings. The number of imidazole rings is 1. The lowest BCUT2D eigenvalue weighted by atomic mass is 10.2. The third-order valence-corrected chi connectivity index (χ3v) is 4.06. The van der Waals surface area contributed by atoms with Crippen LogP contribution >= 0.6 is 0 Å². The molecule has 4 nitrogen and oxygen atoms in total. The van der Waals surface area contributed by atoms with E-state index in [9.17, 15) is 0 Å². The number of nitrogens with one attached hydrogen (secondary N) is 1. The van der Waals surface area contributed by atoms with Gasteiger partial charge in [0, 0.05) is 19.4 Å². The molecule has 1 aromatic heterocycles. The van der Waals surface area contributed by atoms with Crippen molar-refractivity contribution in [1.29, 1.82) is 0 Å². The van der Waals surface area contributed by atoms with Crippen molar-refractivity contribution in [1.82, 2.24) is 14.9 Å². The van der Waals surface area contributed by atoms with Crippen molar-refractivity contribution in [2.75, 3.05) is 26.2 Å². The maximum absolute atomic E-state index is 4.84. The molecule has 20 heavy (non-hydrogen) atoms. The predicted molar refractivity (Wildman–Crippen MR) is 82.8 cm³/mol. The Morgan fingerprint density at radius 2 is 2.30 bits per heavy atom. The lowest BCUT2D eigenvalue weighted by molar-refractivity contribution is -0.499. The van der Waals surface area contributed by atoms with Crippen molar-refractivity contribution in [2.24, 2.45) is 0 Å².